The van der Waals surface area contributed by atoms with Crippen LogP contribution >= 0.6 is 11.6 Å². The third-order valence-electron chi connectivity index (χ3n) is 5.16. The third kappa shape index (κ3) is 5.30. The summed E-state index contributed by atoms with van der Waals surface area (Å²) in [4.78, 5) is 20.5. The third-order valence-corrected chi connectivity index (χ3v) is 5.40. The van der Waals surface area contributed by atoms with Gasteiger partial charge < -0.3 is 9.74 Å². The van der Waals surface area contributed by atoms with Crippen LogP contribution in [0.2, 0.25) is 5.02 Å². The van der Waals surface area contributed by atoms with E-state index in [0.29, 0.717) is 30.1 Å². The number of rotatable bonds is 6. The maximum atomic E-state index is 13.7. The molecule has 1 amide bonds. The maximum absolute atomic E-state index is 13.7. The van der Waals surface area contributed by atoms with Crippen LogP contribution in [0.1, 0.15) is 33.5 Å². The van der Waals surface area contributed by atoms with Gasteiger partial charge in [0, 0.05) is 23.6 Å². The fraction of sp³-hybridized carbons (Fsp3) is 0.200. The van der Waals surface area contributed by atoms with Gasteiger partial charge >= 0.3 is 0 Å². The number of nitrogens with zero attached hydrogens (tertiary/aromatic N) is 2. The van der Waals surface area contributed by atoms with E-state index in [9.17, 15) is 9.18 Å². The van der Waals surface area contributed by atoms with Gasteiger partial charge in [0.1, 0.15) is 5.82 Å². The summed E-state index contributed by atoms with van der Waals surface area (Å²) in [5.74, 6) is -0.720. The topological polar surface area (TPSA) is 41.9 Å². The summed E-state index contributed by atoms with van der Waals surface area (Å²) in [6.07, 6.45) is 0.305. The fourth-order valence-electron chi connectivity index (χ4n) is 3.57. The van der Waals surface area contributed by atoms with Crippen molar-refractivity contribution in [2.45, 2.75) is 26.0 Å². The molecule has 1 atom stereocenters. The van der Waals surface area contributed by atoms with Gasteiger partial charge in [0.15, 0.2) is 6.10 Å². The molecule has 3 aromatic rings. The lowest BCUT2D eigenvalue weighted by atomic mass is 10.0. The number of carbonyl (C=O) groups excluding carboxylic acids is 1. The van der Waals surface area contributed by atoms with E-state index in [4.69, 9.17) is 16.4 Å². The summed E-state index contributed by atoms with van der Waals surface area (Å²) in [7, 11) is 0. The number of carbonyl (C=O) groups is 1. The highest BCUT2D eigenvalue weighted by molar-refractivity contribution is 6.30. The average Bonchev–Trinajstić information content (AvgIpc) is 3.22. The molecule has 4 rings (SSSR count). The first-order valence-electron chi connectivity index (χ1n) is 10.1. The van der Waals surface area contributed by atoms with Gasteiger partial charge in [0.05, 0.1) is 12.3 Å². The Morgan fingerprint density at radius 3 is 2.65 bits per heavy atom. The highest BCUT2D eigenvalue weighted by atomic mass is 35.5. The van der Waals surface area contributed by atoms with Crippen molar-refractivity contribution in [2.75, 3.05) is 6.54 Å². The van der Waals surface area contributed by atoms with Crippen LogP contribution in [-0.2, 0) is 11.4 Å². The Morgan fingerprint density at radius 2 is 1.90 bits per heavy atom. The minimum atomic E-state index is -0.448. The molecule has 1 aliphatic rings. The quantitative estimate of drug-likeness (QED) is 0.503. The number of hydrogen-bond donors (Lipinski definition) is 0. The average molecular weight is 437 g/mol. The molecule has 1 heterocycles. The van der Waals surface area contributed by atoms with Crippen molar-refractivity contribution < 1.29 is 14.0 Å². The van der Waals surface area contributed by atoms with E-state index in [1.807, 2.05) is 49.4 Å². The largest absolute Gasteiger partial charge is 0.390 e. The van der Waals surface area contributed by atoms with E-state index in [-0.39, 0.29) is 12.0 Å². The second-order valence-electron chi connectivity index (χ2n) is 7.66. The number of aryl methyl sites for hydroxylation is 1. The second kappa shape index (κ2) is 9.31. The van der Waals surface area contributed by atoms with E-state index in [2.05, 4.69) is 5.16 Å². The molecule has 0 saturated heterocycles. The Bertz CT molecular complexity index is 1110. The highest BCUT2D eigenvalue weighted by Gasteiger charge is 2.27. The predicted octanol–water partition coefficient (Wildman–Crippen LogP) is 5.62. The molecular weight excluding hydrogens is 415 g/mol. The number of halogens is 2. The number of oxime groups is 1. The van der Waals surface area contributed by atoms with Gasteiger partial charge in [-0.3, -0.25) is 4.79 Å². The van der Waals surface area contributed by atoms with Gasteiger partial charge in [0.2, 0.25) is 0 Å². The Labute approximate surface area is 185 Å². The van der Waals surface area contributed by atoms with Gasteiger partial charge in [-0.25, -0.2) is 4.39 Å². The molecule has 0 saturated carbocycles. The van der Waals surface area contributed by atoms with E-state index < -0.39 is 5.82 Å². The van der Waals surface area contributed by atoms with Gasteiger partial charge in [0.25, 0.3) is 5.91 Å². The maximum Gasteiger partial charge on any atom is 0.254 e. The fourth-order valence-corrected chi connectivity index (χ4v) is 3.78. The Kier molecular flexibility index (Phi) is 6.33. The Morgan fingerprint density at radius 1 is 1.13 bits per heavy atom. The molecule has 1 aliphatic heterocycles. The molecule has 0 fully saturated rings. The van der Waals surface area contributed by atoms with E-state index in [1.165, 1.54) is 23.8 Å². The summed E-state index contributed by atoms with van der Waals surface area (Å²) in [5.41, 5.74) is 4.21. The number of amides is 1. The zero-order valence-corrected chi connectivity index (χ0v) is 17.8. The molecule has 0 aromatic heterocycles. The normalized spacial score (nSPS) is 15.3. The molecule has 0 unspecified atom stereocenters. The summed E-state index contributed by atoms with van der Waals surface area (Å²) in [6.45, 7) is 2.68. The van der Waals surface area contributed by atoms with Gasteiger partial charge in [-0.15, -0.1) is 0 Å². The van der Waals surface area contributed by atoms with Crippen LogP contribution < -0.4 is 0 Å². The predicted molar refractivity (Wildman–Crippen MR) is 120 cm³/mol. The Hall–Kier alpha value is -3.18. The van der Waals surface area contributed by atoms with Crippen LogP contribution in [0, 0.1) is 12.7 Å². The van der Waals surface area contributed by atoms with Crippen LogP contribution in [0.4, 0.5) is 4.39 Å². The second-order valence-corrected chi connectivity index (χ2v) is 8.10. The molecule has 31 heavy (non-hydrogen) atoms. The van der Waals surface area contributed by atoms with E-state index in [0.717, 1.165) is 16.8 Å². The standard InChI is InChI=1S/C25H22ClFN2O2/c1-17-8-10-19(11-9-17)24-14-23(31-28-24)16-29(15-18-4-2-6-21(26)12-18)25(30)20-5-3-7-22(27)13-20/h2-13,23H,14-16H2,1H3/t23-/m1/s1. The van der Waals surface area contributed by atoms with Crippen LogP contribution in [0.3, 0.4) is 0 Å². The van der Waals surface area contributed by atoms with Crippen molar-refractivity contribution in [3.05, 3.63) is 106 Å². The van der Waals surface area contributed by atoms with Crippen LogP contribution in [0.15, 0.2) is 78.0 Å². The summed E-state index contributed by atoms with van der Waals surface area (Å²) in [5, 5.41) is 4.83. The monoisotopic (exact) mass is 436 g/mol. The Balaban J connectivity index is 1.52. The van der Waals surface area contributed by atoms with Crippen molar-refractivity contribution in [3.8, 4) is 0 Å². The van der Waals surface area contributed by atoms with Crippen molar-refractivity contribution in [1.29, 1.82) is 0 Å². The highest BCUT2D eigenvalue weighted by Crippen LogP contribution is 2.21. The van der Waals surface area contributed by atoms with Crippen molar-refractivity contribution >= 4 is 23.2 Å². The van der Waals surface area contributed by atoms with Crippen molar-refractivity contribution in [3.63, 3.8) is 0 Å². The SMILES string of the molecule is Cc1ccc(C2=NO[C@@H](CN(Cc3cccc(Cl)c3)C(=O)c3cccc(F)c3)C2)cc1. The minimum Gasteiger partial charge on any atom is -0.390 e. The molecule has 0 aliphatic carbocycles. The first kappa shape index (κ1) is 21.1. The van der Waals surface area contributed by atoms with Crippen LogP contribution in [0.5, 0.6) is 0 Å². The first-order valence-corrected chi connectivity index (χ1v) is 10.4. The van der Waals surface area contributed by atoms with Crippen LogP contribution in [-0.4, -0.2) is 29.2 Å². The molecule has 0 radical (unpaired) electrons. The molecule has 3 aromatic carbocycles. The molecule has 158 valence electrons. The molecule has 6 heteroatoms. The summed E-state index contributed by atoms with van der Waals surface area (Å²) >= 11 is 6.12. The lowest BCUT2D eigenvalue weighted by Crippen LogP contribution is -2.37. The van der Waals surface area contributed by atoms with Crippen LogP contribution in [0.25, 0.3) is 0 Å². The number of hydrogen-bond acceptors (Lipinski definition) is 3. The smallest absolute Gasteiger partial charge is 0.254 e. The molecule has 4 nitrogen and oxygen atoms in total. The van der Waals surface area contributed by atoms with Gasteiger partial charge in [-0.2, -0.15) is 0 Å². The molecule has 0 spiro atoms. The van der Waals surface area contributed by atoms with Gasteiger partial charge in [-0.1, -0.05) is 64.8 Å². The minimum absolute atomic E-state index is 0.271. The lowest BCUT2D eigenvalue weighted by molar-refractivity contribution is 0.0405. The lowest BCUT2D eigenvalue weighted by Gasteiger charge is -2.25. The number of benzene rings is 3. The van der Waals surface area contributed by atoms with E-state index >= 15 is 0 Å². The summed E-state index contributed by atoms with van der Waals surface area (Å²) < 4.78 is 13.7. The summed E-state index contributed by atoms with van der Waals surface area (Å²) in [6, 6.07) is 21.1. The van der Waals surface area contributed by atoms with E-state index in [1.54, 1.807) is 17.0 Å². The van der Waals surface area contributed by atoms with Crippen molar-refractivity contribution in [1.82, 2.24) is 4.90 Å². The van der Waals surface area contributed by atoms with Gasteiger partial charge in [-0.05, 0) is 48.4 Å². The zero-order valence-electron chi connectivity index (χ0n) is 17.1. The first-order chi connectivity index (χ1) is 15.0. The van der Waals surface area contributed by atoms with Crippen molar-refractivity contribution in [2.24, 2.45) is 5.16 Å². The molecule has 0 bridgehead atoms. The molecule has 0 N–H and O–H groups in total. The molecular formula is C25H22ClFN2O2. The zero-order chi connectivity index (χ0) is 21.8.